The standard InChI is InChI=1S/C28H35ClN8O4/c1-18-22(25(38)32-10-13-40-5)35-24-23(34-20(15-37(18)24)19-6-9-31-21(29)14-19)33-17-28(16-30)7-11-36(12-8-28)26(39)41-27(2,3)4/h6,9,14-15H,7-8,10-13,17H2,1-5H3,(H,32,38)(H,33,34). The van der Waals surface area contributed by atoms with Crippen molar-refractivity contribution in [2.24, 2.45) is 5.41 Å². The number of methoxy groups -OCH3 is 1. The third-order valence-electron chi connectivity index (χ3n) is 6.88. The highest BCUT2D eigenvalue weighted by molar-refractivity contribution is 6.29. The average Bonchev–Trinajstić information content (AvgIpc) is 3.27. The number of likely N-dealkylation sites (tertiary alicyclic amines) is 1. The highest BCUT2D eigenvalue weighted by atomic mass is 35.5. The number of imidazole rings is 1. The predicted octanol–water partition coefficient (Wildman–Crippen LogP) is 4.08. The molecule has 0 bridgehead atoms. The maximum Gasteiger partial charge on any atom is 0.410 e. The van der Waals surface area contributed by atoms with Crippen molar-refractivity contribution in [2.75, 3.05) is 45.2 Å². The molecule has 1 aliphatic heterocycles. The number of ether oxygens (including phenoxy) is 2. The summed E-state index contributed by atoms with van der Waals surface area (Å²) in [4.78, 5) is 40.6. The molecule has 0 spiro atoms. The number of nitriles is 1. The normalized spacial score (nSPS) is 14.9. The van der Waals surface area contributed by atoms with Crippen molar-refractivity contribution in [2.45, 2.75) is 46.1 Å². The van der Waals surface area contributed by atoms with E-state index in [0.29, 0.717) is 67.1 Å². The molecule has 3 aromatic heterocycles. The smallest absolute Gasteiger partial charge is 0.410 e. The molecule has 0 saturated carbocycles. The van der Waals surface area contributed by atoms with Crippen LogP contribution in [0.1, 0.15) is 49.8 Å². The molecule has 0 aliphatic carbocycles. The number of nitrogens with zero attached hydrogens (tertiary/aromatic N) is 6. The van der Waals surface area contributed by atoms with Gasteiger partial charge in [0.2, 0.25) is 0 Å². The van der Waals surface area contributed by atoms with E-state index in [-0.39, 0.29) is 24.2 Å². The van der Waals surface area contributed by atoms with E-state index >= 15 is 0 Å². The Bertz CT molecular complexity index is 1470. The Hall–Kier alpha value is -3.95. The molecule has 1 fully saturated rings. The summed E-state index contributed by atoms with van der Waals surface area (Å²) in [5, 5.41) is 16.6. The van der Waals surface area contributed by atoms with E-state index in [1.165, 1.54) is 0 Å². The number of aryl methyl sites for hydroxylation is 1. The zero-order valence-corrected chi connectivity index (χ0v) is 24.7. The molecule has 41 heavy (non-hydrogen) atoms. The van der Waals surface area contributed by atoms with Gasteiger partial charge in [-0.3, -0.25) is 9.20 Å². The molecule has 2 N–H and O–H groups in total. The van der Waals surface area contributed by atoms with E-state index in [2.05, 4.69) is 26.7 Å². The molecule has 4 heterocycles. The molecule has 0 unspecified atom stereocenters. The van der Waals surface area contributed by atoms with E-state index in [1.54, 1.807) is 40.9 Å². The number of carbonyl (C=O) groups is 2. The number of amides is 2. The largest absolute Gasteiger partial charge is 0.444 e. The fourth-order valence-electron chi connectivity index (χ4n) is 4.57. The minimum Gasteiger partial charge on any atom is -0.444 e. The molecule has 1 saturated heterocycles. The van der Waals surface area contributed by atoms with Crippen LogP contribution in [0.4, 0.5) is 10.6 Å². The van der Waals surface area contributed by atoms with E-state index in [1.807, 2.05) is 27.7 Å². The molecule has 13 heteroatoms. The van der Waals surface area contributed by atoms with Gasteiger partial charge in [0.1, 0.15) is 16.4 Å². The minimum atomic E-state index is -0.741. The minimum absolute atomic E-state index is 0.261. The number of hydrogen-bond donors (Lipinski definition) is 2. The molecule has 4 rings (SSSR count). The van der Waals surface area contributed by atoms with Crippen LogP contribution in [0.5, 0.6) is 0 Å². The second kappa shape index (κ2) is 12.3. The number of hydrogen-bond acceptors (Lipinski definition) is 9. The molecule has 12 nitrogen and oxygen atoms in total. The second-order valence-electron chi connectivity index (χ2n) is 11.0. The van der Waals surface area contributed by atoms with Gasteiger partial charge in [0.05, 0.1) is 29.5 Å². The Balaban J connectivity index is 1.63. The lowest BCUT2D eigenvalue weighted by Crippen LogP contribution is -2.46. The van der Waals surface area contributed by atoms with Crippen molar-refractivity contribution in [3.63, 3.8) is 0 Å². The number of rotatable bonds is 8. The number of piperidine rings is 1. The van der Waals surface area contributed by atoms with Gasteiger partial charge in [-0.2, -0.15) is 5.26 Å². The number of nitrogens with one attached hydrogen (secondary N) is 2. The van der Waals surface area contributed by atoms with Crippen molar-refractivity contribution < 1.29 is 19.1 Å². The summed E-state index contributed by atoms with van der Waals surface area (Å²) in [6, 6.07) is 5.95. The second-order valence-corrected chi connectivity index (χ2v) is 11.4. The van der Waals surface area contributed by atoms with E-state index in [4.69, 9.17) is 26.1 Å². The van der Waals surface area contributed by atoms with Crippen LogP contribution in [0.2, 0.25) is 5.15 Å². The fourth-order valence-corrected chi connectivity index (χ4v) is 4.74. The first-order chi connectivity index (χ1) is 19.4. The molecular formula is C28H35ClN8O4. The number of pyridine rings is 1. The van der Waals surface area contributed by atoms with Crippen LogP contribution in [0.3, 0.4) is 0 Å². The third kappa shape index (κ3) is 7.04. The zero-order chi connectivity index (χ0) is 29.8. The van der Waals surface area contributed by atoms with Gasteiger partial charge in [0, 0.05) is 51.2 Å². The van der Waals surface area contributed by atoms with Gasteiger partial charge in [-0.25, -0.2) is 19.7 Å². The summed E-state index contributed by atoms with van der Waals surface area (Å²) >= 11 is 6.15. The SMILES string of the molecule is COCCNC(=O)c1nc2c(NCC3(C#N)CCN(C(=O)OC(C)(C)C)CC3)nc(-c3ccnc(Cl)c3)cn2c1C. The van der Waals surface area contributed by atoms with Crippen LogP contribution in [0, 0.1) is 23.7 Å². The Kier molecular flexibility index (Phi) is 8.99. The van der Waals surface area contributed by atoms with Crippen LogP contribution in [0.15, 0.2) is 24.5 Å². The first-order valence-corrected chi connectivity index (χ1v) is 13.7. The lowest BCUT2D eigenvalue weighted by Gasteiger charge is -2.37. The van der Waals surface area contributed by atoms with Crippen molar-refractivity contribution in [1.82, 2.24) is 29.6 Å². The van der Waals surface area contributed by atoms with Crippen LogP contribution >= 0.6 is 11.6 Å². The predicted molar refractivity (Wildman–Crippen MR) is 154 cm³/mol. The molecule has 0 radical (unpaired) electrons. The van der Waals surface area contributed by atoms with Gasteiger partial charge < -0.3 is 25.0 Å². The Labute approximate surface area is 244 Å². The van der Waals surface area contributed by atoms with Crippen molar-refractivity contribution >= 4 is 35.1 Å². The molecule has 0 atom stereocenters. The highest BCUT2D eigenvalue weighted by Gasteiger charge is 2.37. The Morgan fingerprint density at radius 1 is 1.24 bits per heavy atom. The zero-order valence-electron chi connectivity index (χ0n) is 24.0. The number of anilines is 1. The summed E-state index contributed by atoms with van der Waals surface area (Å²) in [6.07, 6.45) is 3.93. The Morgan fingerprint density at radius 2 is 1.98 bits per heavy atom. The first-order valence-electron chi connectivity index (χ1n) is 13.4. The van der Waals surface area contributed by atoms with Crippen molar-refractivity contribution in [3.05, 3.63) is 41.1 Å². The van der Waals surface area contributed by atoms with E-state index < -0.39 is 11.0 Å². The van der Waals surface area contributed by atoms with Gasteiger partial charge in [0.15, 0.2) is 11.5 Å². The topological polar surface area (TPSA) is 147 Å². The number of fused-ring (bicyclic) bond motifs is 1. The molecule has 218 valence electrons. The highest BCUT2D eigenvalue weighted by Crippen LogP contribution is 2.33. The lowest BCUT2D eigenvalue weighted by atomic mass is 9.80. The van der Waals surface area contributed by atoms with Crippen LogP contribution in [-0.2, 0) is 9.47 Å². The van der Waals surface area contributed by atoms with Gasteiger partial charge in [-0.15, -0.1) is 0 Å². The third-order valence-corrected chi connectivity index (χ3v) is 7.08. The van der Waals surface area contributed by atoms with Crippen molar-refractivity contribution in [1.29, 1.82) is 5.26 Å². The summed E-state index contributed by atoms with van der Waals surface area (Å²) in [5.74, 6) is 0.0874. The average molecular weight is 583 g/mol. The van der Waals surface area contributed by atoms with Crippen LogP contribution in [-0.4, -0.2) is 81.7 Å². The first kappa shape index (κ1) is 30.0. The molecule has 2 amide bonds. The van der Waals surface area contributed by atoms with Crippen LogP contribution < -0.4 is 10.6 Å². The quantitative estimate of drug-likeness (QED) is 0.296. The monoisotopic (exact) mass is 582 g/mol. The van der Waals surface area contributed by atoms with Crippen LogP contribution in [0.25, 0.3) is 16.9 Å². The van der Waals surface area contributed by atoms with E-state index in [0.717, 1.165) is 5.56 Å². The van der Waals surface area contributed by atoms with Crippen molar-refractivity contribution in [3.8, 4) is 17.3 Å². The number of halogens is 1. The maximum atomic E-state index is 12.9. The Morgan fingerprint density at radius 3 is 2.61 bits per heavy atom. The maximum absolute atomic E-state index is 12.9. The summed E-state index contributed by atoms with van der Waals surface area (Å²) in [7, 11) is 1.56. The van der Waals surface area contributed by atoms with Gasteiger partial charge >= 0.3 is 6.09 Å². The molecular weight excluding hydrogens is 548 g/mol. The summed E-state index contributed by atoms with van der Waals surface area (Å²) < 4.78 is 12.3. The lowest BCUT2D eigenvalue weighted by molar-refractivity contribution is 0.0156. The van der Waals surface area contributed by atoms with Gasteiger partial charge in [-0.05, 0) is 52.7 Å². The molecule has 3 aromatic rings. The number of carbonyl (C=O) groups excluding carboxylic acids is 2. The van der Waals surface area contributed by atoms with Gasteiger partial charge in [0.25, 0.3) is 5.91 Å². The molecule has 1 aliphatic rings. The number of aromatic nitrogens is 4. The van der Waals surface area contributed by atoms with Gasteiger partial charge in [-0.1, -0.05) is 11.6 Å². The summed E-state index contributed by atoms with van der Waals surface area (Å²) in [5.41, 5.74) is 1.32. The summed E-state index contributed by atoms with van der Waals surface area (Å²) in [6.45, 7) is 9.08. The molecule has 0 aromatic carbocycles. The van der Waals surface area contributed by atoms with E-state index in [9.17, 15) is 14.9 Å². The fraction of sp³-hybridized carbons (Fsp3) is 0.500.